The van der Waals surface area contributed by atoms with Crippen LogP contribution < -0.4 is 0 Å². The lowest BCUT2D eigenvalue weighted by Crippen LogP contribution is -2.38. The second kappa shape index (κ2) is 11.8. The fourth-order valence-corrected chi connectivity index (χ4v) is 2.27. The van der Waals surface area contributed by atoms with Gasteiger partial charge in [0, 0.05) is 31.6 Å². The highest BCUT2D eigenvalue weighted by Crippen LogP contribution is 2.08. The Balaban J connectivity index is 3.74. The quantitative estimate of drug-likeness (QED) is 0.432. The van der Waals surface area contributed by atoms with Crippen LogP contribution in [0.4, 0.5) is 0 Å². The molecule has 98 valence electrons. The van der Waals surface area contributed by atoms with Gasteiger partial charge in [0.25, 0.3) is 0 Å². The summed E-state index contributed by atoms with van der Waals surface area (Å²) in [7, 11) is 1.70. The molecular formula is C12H26BrNO2. The zero-order valence-electron chi connectivity index (χ0n) is 10.9. The summed E-state index contributed by atoms with van der Waals surface area (Å²) in [4.78, 5) is 2.50. The molecule has 0 saturated carbocycles. The molecule has 0 unspecified atom stereocenters. The number of hydrogen-bond acceptors (Lipinski definition) is 3. The second-order valence-corrected chi connectivity index (χ2v) is 4.59. The standard InChI is InChI=1S/C12H26BrNO2/c1-4-12(5-2)14(7-6-13)8-9-16-11-10-15-3/h12H,4-11H2,1-3H3. The Labute approximate surface area is 109 Å². The van der Waals surface area contributed by atoms with Gasteiger partial charge in [0.2, 0.25) is 0 Å². The van der Waals surface area contributed by atoms with Gasteiger partial charge in [0.15, 0.2) is 0 Å². The van der Waals surface area contributed by atoms with Crippen LogP contribution in [0, 0.1) is 0 Å². The highest BCUT2D eigenvalue weighted by atomic mass is 79.9. The van der Waals surface area contributed by atoms with Crippen molar-refractivity contribution >= 4 is 15.9 Å². The van der Waals surface area contributed by atoms with Crippen molar-refractivity contribution in [3.8, 4) is 0 Å². The number of alkyl halides is 1. The van der Waals surface area contributed by atoms with Gasteiger partial charge in [-0.05, 0) is 12.8 Å². The van der Waals surface area contributed by atoms with E-state index in [4.69, 9.17) is 9.47 Å². The van der Waals surface area contributed by atoms with E-state index < -0.39 is 0 Å². The van der Waals surface area contributed by atoms with Crippen molar-refractivity contribution in [2.75, 3.05) is 45.4 Å². The molecule has 0 aliphatic rings. The first kappa shape index (κ1) is 16.4. The van der Waals surface area contributed by atoms with E-state index in [2.05, 4.69) is 34.7 Å². The van der Waals surface area contributed by atoms with Gasteiger partial charge in [-0.25, -0.2) is 0 Å². The van der Waals surface area contributed by atoms with E-state index in [-0.39, 0.29) is 0 Å². The predicted octanol–water partition coefficient (Wildman–Crippen LogP) is 2.53. The average molecular weight is 296 g/mol. The van der Waals surface area contributed by atoms with E-state index in [1.54, 1.807) is 7.11 Å². The summed E-state index contributed by atoms with van der Waals surface area (Å²) in [6.45, 7) is 8.79. The Morgan fingerprint density at radius 1 is 1.06 bits per heavy atom. The molecule has 0 radical (unpaired) electrons. The normalized spacial score (nSPS) is 11.6. The van der Waals surface area contributed by atoms with Crippen molar-refractivity contribution in [1.29, 1.82) is 0 Å². The molecule has 0 fully saturated rings. The highest BCUT2D eigenvalue weighted by Gasteiger charge is 2.13. The molecule has 0 atom stereocenters. The monoisotopic (exact) mass is 295 g/mol. The van der Waals surface area contributed by atoms with Crippen LogP contribution in [0.25, 0.3) is 0 Å². The van der Waals surface area contributed by atoms with Gasteiger partial charge in [-0.1, -0.05) is 29.8 Å². The van der Waals surface area contributed by atoms with Crippen LogP contribution in [0.15, 0.2) is 0 Å². The van der Waals surface area contributed by atoms with Crippen molar-refractivity contribution in [2.24, 2.45) is 0 Å². The van der Waals surface area contributed by atoms with E-state index in [9.17, 15) is 0 Å². The Morgan fingerprint density at radius 2 is 1.75 bits per heavy atom. The largest absolute Gasteiger partial charge is 0.382 e. The van der Waals surface area contributed by atoms with Gasteiger partial charge in [-0.3, -0.25) is 4.90 Å². The Kier molecular flexibility index (Phi) is 12.1. The molecule has 0 aliphatic carbocycles. The van der Waals surface area contributed by atoms with Gasteiger partial charge < -0.3 is 9.47 Å². The molecule has 0 saturated heterocycles. The molecular weight excluding hydrogens is 270 g/mol. The maximum Gasteiger partial charge on any atom is 0.0700 e. The van der Waals surface area contributed by atoms with Crippen molar-refractivity contribution in [1.82, 2.24) is 4.90 Å². The molecule has 3 nitrogen and oxygen atoms in total. The lowest BCUT2D eigenvalue weighted by molar-refractivity contribution is 0.0499. The third-order valence-corrected chi connectivity index (χ3v) is 3.14. The van der Waals surface area contributed by atoms with E-state index >= 15 is 0 Å². The highest BCUT2D eigenvalue weighted by molar-refractivity contribution is 9.09. The van der Waals surface area contributed by atoms with Gasteiger partial charge >= 0.3 is 0 Å². The minimum absolute atomic E-state index is 0.684. The van der Waals surface area contributed by atoms with E-state index in [1.165, 1.54) is 12.8 Å². The van der Waals surface area contributed by atoms with E-state index in [1.807, 2.05) is 0 Å². The summed E-state index contributed by atoms with van der Waals surface area (Å²) in [5, 5.41) is 1.03. The smallest absolute Gasteiger partial charge is 0.0700 e. The summed E-state index contributed by atoms with van der Waals surface area (Å²) in [6, 6.07) is 0.684. The first-order chi connectivity index (χ1) is 7.79. The number of rotatable bonds is 11. The maximum absolute atomic E-state index is 5.51. The topological polar surface area (TPSA) is 21.7 Å². The molecule has 0 bridgehead atoms. The lowest BCUT2D eigenvalue weighted by Gasteiger charge is -2.29. The fraction of sp³-hybridized carbons (Fsp3) is 1.00. The van der Waals surface area contributed by atoms with Gasteiger partial charge in [-0.2, -0.15) is 0 Å². The van der Waals surface area contributed by atoms with Gasteiger partial charge in [0.05, 0.1) is 19.8 Å². The maximum atomic E-state index is 5.51. The molecule has 16 heavy (non-hydrogen) atoms. The molecule has 4 heteroatoms. The van der Waals surface area contributed by atoms with Crippen molar-refractivity contribution in [2.45, 2.75) is 32.7 Å². The summed E-state index contributed by atoms with van der Waals surface area (Å²) in [5.41, 5.74) is 0. The predicted molar refractivity (Wildman–Crippen MR) is 72.4 cm³/mol. The average Bonchev–Trinajstić information content (AvgIpc) is 2.30. The van der Waals surface area contributed by atoms with Crippen molar-refractivity contribution < 1.29 is 9.47 Å². The van der Waals surface area contributed by atoms with Crippen LogP contribution in [-0.2, 0) is 9.47 Å². The molecule has 0 aromatic rings. The van der Waals surface area contributed by atoms with E-state index in [0.29, 0.717) is 19.3 Å². The Bertz CT molecular complexity index is 143. The third kappa shape index (κ3) is 7.60. The summed E-state index contributed by atoms with van der Waals surface area (Å²) in [5.74, 6) is 0. The first-order valence-corrected chi connectivity index (χ1v) is 7.28. The molecule has 0 aromatic heterocycles. The number of hydrogen-bond donors (Lipinski definition) is 0. The molecule has 0 N–H and O–H groups in total. The van der Waals surface area contributed by atoms with Crippen LogP contribution >= 0.6 is 15.9 Å². The number of nitrogens with zero attached hydrogens (tertiary/aromatic N) is 1. The Hall–Kier alpha value is 0.360. The molecule has 0 aliphatic heterocycles. The summed E-state index contributed by atoms with van der Waals surface area (Å²) in [6.07, 6.45) is 2.42. The number of ether oxygens (including phenoxy) is 2. The van der Waals surface area contributed by atoms with Crippen LogP contribution in [0.5, 0.6) is 0 Å². The van der Waals surface area contributed by atoms with Crippen LogP contribution in [0.1, 0.15) is 26.7 Å². The number of halogens is 1. The number of methoxy groups -OCH3 is 1. The summed E-state index contributed by atoms with van der Waals surface area (Å²) < 4.78 is 10.4. The zero-order chi connectivity index (χ0) is 12.2. The fourth-order valence-electron chi connectivity index (χ4n) is 1.82. The molecule has 0 aromatic carbocycles. The molecule has 0 amide bonds. The third-order valence-electron chi connectivity index (χ3n) is 2.79. The van der Waals surface area contributed by atoms with Gasteiger partial charge in [-0.15, -0.1) is 0 Å². The van der Waals surface area contributed by atoms with Crippen LogP contribution in [0.3, 0.4) is 0 Å². The zero-order valence-corrected chi connectivity index (χ0v) is 12.5. The minimum atomic E-state index is 0.684. The molecule has 0 spiro atoms. The minimum Gasteiger partial charge on any atom is -0.382 e. The van der Waals surface area contributed by atoms with Crippen molar-refractivity contribution in [3.63, 3.8) is 0 Å². The van der Waals surface area contributed by atoms with Crippen LogP contribution in [0.2, 0.25) is 0 Å². The summed E-state index contributed by atoms with van der Waals surface area (Å²) >= 11 is 3.51. The SMILES string of the molecule is CCC(CC)N(CCBr)CCOCCOC. The van der Waals surface area contributed by atoms with E-state index in [0.717, 1.165) is 25.0 Å². The second-order valence-electron chi connectivity index (χ2n) is 3.80. The molecule has 0 rings (SSSR count). The van der Waals surface area contributed by atoms with Gasteiger partial charge in [0.1, 0.15) is 0 Å². The van der Waals surface area contributed by atoms with Crippen LogP contribution in [-0.4, -0.2) is 56.3 Å². The first-order valence-electron chi connectivity index (χ1n) is 6.16. The Morgan fingerprint density at radius 3 is 2.25 bits per heavy atom. The van der Waals surface area contributed by atoms with Crippen molar-refractivity contribution in [3.05, 3.63) is 0 Å². The lowest BCUT2D eigenvalue weighted by atomic mass is 10.1. The molecule has 0 heterocycles.